The van der Waals surface area contributed by atoms with Crippen molar-refractivity contribution in [2.24, 2.45) is 0 Å². The zero-order chi connectivity index (χ0) is 24.9. The number of β-lactam (4-membered cyclic amide) rings is 1. The van der Waals surface area contributed by atoms with Crippen LogP contribution in [0.5, 0.6) is 0 Å². The van der Waals surface area contributed by atoms with E-state index in [0.717, 1.165) is 16.9 Å². The molecule has 35 heavy (non-hydrogen) atoms. The number of hydrogen-bond donors (Lipinski definition) is 0. The number of thioether (sulfide) groups is 2. The molecule has 9 heteroatoms. The van der Waals surface area contributed by atoms with E-state index in [1.165, 1.54) is 26.0 Å². The monoisotopic (exact) mass is 517 g/mol. The van der Waals surface area contributed by atoms with Gasteiger partial charge >= 0.3 is 11.9 Å². The first-order valence-corrected chi connectivity index (χ1v) is 13.4. The van der Waals surface area contributed by atoms with Crippen molar-refractivity contribution in [2.75, 3.05) is 11.5 Å². The maximum atomic E-state index is 13.3. The van der Waals surface area contributed by atoms with Crippen LogP contribution >= 0.6 is 23.5 Å². The van der Waals surface area contributed by atoms with Gasteiger partial charge in [0.1, 0.15) is 18.5 Å². The summed E-state index contributed by atoms with van der Waals surface area (Å²) in [6.45, 7) is 3.10. The van der Waals surface area contributed by atoms with E-state index in [4.69, 9.17) is 9.47 Å². The number of anilines is 1. The summed E-state index contributed by atoms with van der Waals surface area (Å²) < 4.78 is 24.2. The highest BCUT2D eigenvalue weighted by molar-refractivity contribution is 8.19. The fourth-order valence-corrected chi connectivity index (χ4v) is 7.58. The predicted octanol–water partition coefficient (Wildman–Crippen LogP) is 5.15. The van der Waals surface area contributed by atoms with Crippen LogP contribution in [0.15, 0.2) is 59.0 Å². The van der Waals surface area contributed by atoms with Gasteiger partial charge in [-0.05, 0) is 48.8 Å². The van der Waals surface area contributed by atoms with E-state index >= 15 is 0 Å². The van der Waals surface area contributed by atoms with E-state index in [-0.39, 0.29) is 45.6 Å². The molecule has 1 aliphatic carbocycles. The zero-order valence-electron chi connectivity index (χ0n) is 19.6. The Kier molecular flexibility index (Phi) is 8.38. The van der Waals surface area contributed by atoms with Gasteiger partial charge < -0.3 is 14.4 Å². The van der Waals surface area contributed by atoms with Crippen LogP contribution in [-0.4, -0.2) is 46.4 Å². The first kappa shape index (κ1) is 25.6. The number of hydrogen-bond acceptors (Lipinski definition) is 7. The summed E-state index contributed by atoms with van der Waals surface area (Å²) >= 11 is 3.46. The topological polar surface area (TPSA) is 72.9 Å². The number of esters is 2. The maximum absolute atomic E-state index is 13.3. The molecular formula is C26H28FNO5S2. The first-order valence-electron chi connectivity index (χ1n) is 11.6. The van der Waals surface area contributed by atoms with Crippen LogP contribution in [0.2, 0.25) is 0 Å². The molecular weight excluding hydrogens is 489 g/mol. The van der Waals surface area contributed by atoms with Crippen LogP contribution < -0.4 is 4.90 Å². The first-order chi connectivity index (χ1) is 16.8. The summed E-state index contributed by atoms with van der Waals surface area (Å²) in [4.78, 5) is 37.9. The lowest BCUT2D eigenvalue weighted by Gasteiger charge is -2.41. The Morgan fingerprint density at radius 2 is 1.89 bits per heavy atom. The standard InChI is InChI=1S/C26H28FNO5S2/c1-16(29)32-15-23-12-21(33-17(2)30)13-26(35-23)34-22-5-3-4-18(6-11-22)24-14-25(31)28(24)20-9-7-19(27)8-10-20/h4-11,21,23-24,26H,3,12-15H2,1-2H3. The predicted molar refractivity (Wildman–Crippen MR) is 136 cm³/mol. The fourth-order valence-electron chi connectivity index (χ4n) is 4.38. The molecule has 1 amide bonds. The van der Waals surface area contributed by atoms with Crippen molar-refractivity contribution in [3.63, 3.8) is 0 Å². The number of benzene rings is 1. The fraction of sp³-hybridized carbons (Fsp3) is 0.423. The van der Waals surface area contributed by atoms with Crippen molar-refractivity contribution in [1.82, 2.24) is 0 Å². The number of ether oxygens (including phenoxy) is 2. The van der Waals surface area contributed by atoms with E-state index < -0.39 is 0 Å². The lowest BCUT2D eigenvalue weighted by Crippen LogP contribution is -2.53. The van der Waals surface area contributed by atoms with Crippen molar-refractivity contribution in [3.8, 4) is 0 Å². The van der Waals surface area contributed by atoms with Gasteiger partial charge in [-0.3, -0.25) is 14.4 Å². The molecule has 3 aliphatic rings. The Balaban J connectivity index is 1.39. The van der Waals surface area contributed by atoms with Gasteiger partial charge in [-0.2, -0.15) is 0 Å². The number of allylic oxidation sites excluding steroid dienone is 3. The van der Waals surface area contributed by atoms with Gasteiger partial charge in [-0.1, -0.05) is 18.2 Å². The Hall–Kier alpha value is -2.52. The quantitative estimate of drug-likeness (QED) is 0.366. The molecule has 6 nitrogen and oxygen atoms in total. The maximum Gasteiger partial charge on any atom is 0.302 e. The summed E-state index contributed by atoms with van der Waals surface area (Å²) in [6.07, 6.45) is 10.7. The lowest BCUT2D eigenvalue weighted by molar-refractivity contribution is -0.148. The largest absolute Gasteiger partial charge is 0.465 e. The van der Waals surface area contributed by atoms with Gasteiger partial charge in [0.2, 0.25) is 5.91 Å². The minimum absolute atomic E-state index is 0.0247. The van der Waals surface area contributed by atoms with E-state index in [1.807, 2.05) is 6.08 Å². The highest BCUT2D eigenvalue weighted by Gasteiger charge is 2.39. The van der Waals surface area contributed by atoms with Crippen LogP contribution in [0.4, 0.5) is 10.1 Å². The number of halogens is 1. The molecule has 2 aliphatic heterocycles. The Morgan fingerprint density at radius 3 is 2.57 bits per heavy atom. The van der Waals surface area contributed by atoms with Crippen molar-refractivity contribution >= 4 is 47.1 Å². The van der Waals surface area contributed by atoms with Gasteiger partial charge in [-0.15, -0.1) is 23.5 Å². The van der Waals surface area contributed by atoms with E-state index in [2.05, 4.69) is 18.2 Å². The SMILES string of the molecule is CC(=O)OCC1CC(OC(C)=O)CC(SC2=CCC=C(C3CC(=O)N3c3ccc(F)cc3)C=C2)S1. The Labute approximate surface area is 213 Å². The van der Waals surface area contributed by atoms with Gasteiger partial charge in [0.25, 0.3) is 0 Å². The van der Waals surface area contributed by atoms with Crippen LogP contribution in [-0.2, 0) is 23.9 Å². The number of amides is 1. The Morgan fingerprint density at radius 1 is 1.11 bits per heavy atom. The van der Waals surface area contributed by atoms with Gasteiger partial charge in [0.15, 0.2) is 0 Å². The van der Waals surface area contributed by atoms with Crippen LogP contribution in [0.1, 0.15) is 39.5 Å². The molecule has 2 saturated heterocycles. The molecule has 0 bridgehead atoms. The summed E-state index contributed by atoms with van der Waals surface area (Å²) in [7, 11) is 0. The number of carbonyl (C=O) groups excluding carboxylic acids is 3. The second kappa shape index (κ2) is 11.5. The van der Waals surface area contributed by atoms with E-state index in [1.54, 1.807) is 40.6 Å². The summed E-state index contributed by atoms with van der Waals surface area (Å²) in [5.74, 6) is -0.928. The Bertz CT molecular complexity index is 1070. The number of rotatable bonds is 7. The smallest absolute Gasteiger partial charge is 0.302 e. The minimum atomic E-state index is -0.329. The molecule has 2 heterocycles. The molecule has 0 aromatic heterocycles. The van der Waals surface area contributed by atoms with Crippen molar-refractivity contribution in [2.45, 2.75) is 61.5 Å². The average molecular weight is 518 g/mol. The number of nitrogens with zero attached hydrogens (tertiary/aromatic N) is 1. The summed E-state index contributed by atoms with van der Waals surface area (Å²) in [6, 6.07) is 5.93. The third-order valence-corrected chi connectivity index (χ3v) is 8.81. The molecule has 1 aromatic carbocycles. The van der Waals surface area contributed by atoms with Crippen LogP contribution in [0, 0.1) is 5.82 Å². The molecule has 4 rings (SSSR count). The third kappa shape index (κ3) is 6.79. The summed E-state index contributed by atoms with van der Waals surface area (Å²) in [5.41, 5.74) is 1.75. The van der Waals surface area contributed by atoms with Gasteiger partial charge in [0, 0.05) is 36.1 Å². The average Bonchev–Trinajstić information content (AvgIpc) is 3.02. The minimum Gasteiger partial charge on any atom is -0.465 e. The highest BCUT2D eigenvalue weighted by Crippen LogP contribution is 2.43. The third-order valence-electron chi connectivity index (χ3n) is 5.95. The van der Waals surface area contributed by atoms with Crippen molar-refractivity contribution < 1.29 is 28.2 Å². The van der Waals surface area contributed by atoms with Crippen molar-refractivity contribution in [1.29, 1.82) is 0 Å². The van der Waals surface area contributed by atoms with Crippen LogP contribution in [0.25, 0.3) is 0 Å². The van der Waals surface area contributed by atoms with Crippen molar-refractivity contribution in [3.05, 3.63) is 64.9 Å². The van der Waals surface area contributed by atoms with Gasteiger partial charge in [-0.25, -0.2) is 4.39 Å². The molecule has 0 N–H and O–H groups in total. The second-order valence-corrected chi connectivity index (χ2v) is 11.7. The molecule has 0 radical (unpaired) electrons. The van der Waals surface area contributed by atoms with Crippen LogP contribution in [0.3, 0.4) is 0 Å². The normalized spacial score (nSPS) is 26.3. The molecule has 0 spiro atoms. The molecule has 0 saturated carbocycles. The lowest BCUT2D eigenvalue weighted by atomic mass is 9.92. The molecule has 4 atom stereocenters. The highest BCUT2D eigenvalue weighted by atomic mass is 32.2. The molecule has 1 aromatic rings. The van der Waals surface area contributed by atoms with Gasteiger partial charge in [0.05, 0.1) is 17.0 Å². The molecule has 2 fully saturated rings. The van der Waals surface area contributed by atoms with E-state index in [0.29, 0.717) is 31.6 Å². The second-order valence-electron chi connectivity index (χ2n) is 8.65. The molecule has 186 valence electrons. The molecule has 4 unspecified atom stereocenters. The van der Waals surface area contributed by atoms with E-state index in [9.17, 15) is 18.8 Å². The summed E-state index contributed by atoms with van der Waals surface area (Å²) in [5, 5.41) is 0.0591. The zero-order valence-corrected chi connectivity index (χ0v) is 21.3. The number of carbonyl (C=O) groups is 3.